The molecule has 0 spiro atoms. The summed E-state index contributed by atoms with van der Waals surface area (Å²) in [6.45, 7) is 4.30. The molecule has 15 heavy (non-hydrogen) atoms. The van der Waals surface area contributed by atoms with Crippen molar-refractivity contribution in [3.05, 3.63) is 11.6 Å². The summed E-state index contributed by atoms with van der Waals surface area (Å²) >= 11 is 0. The van der Waals surface area contributed by atoms with Crippen molar-refractivity contribution in [2.75, 3.05) is 0 Å². The van der Waals surface area contributed by atoms with E-state index in [1.165, 1.54) is 25.7 Å². The average molecular weight is 208 g/mol. The van der Waals surface area contributed by atoms with Crippen LogP contribution in [0.3, 0.4) is 0 Å². The van der Waals surface area contributed by atoms with Crippen molar-refractivity contribution in [2.45, 2.75) is 65.2 Å². The molecule has 1 aliphatic rings. The van der Waals surface area contributed by atoms with E-state index in [0.717, 1.165) is 31.6 Å². The highest BCUT2D eigenvalue weighted by atomic mass is 16.1. The van der Waals surface area contributed by atoms with Gasteiger partial charge >= 0.3 is 0 Å². The summed E-state index contributed by atoms with van der Waals surface area (Å²) in [7, 11) is 0. The molecule has 0 fully saturated rings. The highest BCUT2D eigenvalue weighted by Gasteiger charge is 2.12. The third-order valence-corrected chi connectivity index (χ3v) is 3.34. The zero-order chi connectivity index (χ0) is 11.1. The molecule has 1 heteroatoms. The fraction of sp³-hybridized carbons (Fsp3) is 0.786. The van der Waals surface area contributed by atoms with Crippen LogP contribution < -0.4 is 0 Å². The molecule has 0 aromatic heterocycles. The SMILES string of the molecule is CCCC(=O)CCCC1CC=C(C)CC1. The van der Waals surface area contributed by atoms with Gasteiger partial charge in [0.1, 0.15) is 5.78 Å². The molecule has 0 aromatic carbocycles. The average Bonchev–Trinajstić information content (AvgIpc) is 2.21. The lowest BCUT2D eigenvalue weighted by Gasteiger charge is -2.19. The Hall–Kier alpha value is -0.590. The lowest BCUT2D eigenvalue weighted by molar-refractivity contribution is -0.119. The number of rotatable bonds is 6. The lowest BCUT2D eigenvalue weighted by atomic mass is 9.86. The van der Waals surface area contributed by atoms with Crippen LogP contribution in [0.2, 0.25) is 0 Å². The van der Waals surface area contributed by atoms with Crippen LogP contribution in [0.15, 0.2) is 11.6 Å². The Labute approximate surface area is 93.9 Å². The molecule has 0 amide bonds. The maximum Gasteiger partial charge on any atom is 0.132 e. The van der Waals surface area contributed by atoms with Crippen LogP contribution in [-0.2, 0) is 4.79 Å². The van der Waals surface area contributed by atoms with Crippen LogP contribution in [0.4, 0.5) is 0 Å². The second-order valence-electron chi connectivity index (χ2n) is 4.87. The minimum absolute atomic E-state index is 0.458. The molecular formula is C14H24O. The Morgan fingerprint density at radius 1 is 1.47 bits per heavy atom. The summed E-state index contributed by atoms with van der Waals surface area (Å²) in [6.07, 6.45) is 11.2. The Morgan fingerprint density at radius 2 is 2.27 bits per heavy atom. The Kier molecular flexibility index (Phi) is 5.67. The van der Waals surface area contributed by atoms with Crippen LogP contribution in [0, 0.1) is 5.92 Å². The van der Waals surface area contributed by atoms with Crippen molar-refractivity contribution in [1.29, 1.82) is 0 Å². The van der Waals surface area contributed by atoms with Crippen molar-refractivity contribution in [1.82, 2.24) is 0 Å². The molecule has 0 heterocycles. The third-order valence-electron chi connectivity index (χ3n) is 3.34. The smallest absolute Gasteiger partial charge is 0.132 e. The van der Waals surface area contributed by atoms with Crippen molar-refractivity contribution in [3.8, 4) is 0 Å². The molecule has 1 atom stereocenters. The van der Waals surface area contributed by atoms with Gasteiger partial charge in [0.25, 0.3) is 0 Å². The number of ketones is 1. The summed E-state index contributed by atoms with van der Waals surface area (Å²) in [5, 5.41) is 0. The summed E-state index contributed by atoms with van der Waals surface area (Å²) in [5.41, 5.74) is 1.55. The second kappa shape index (κ2) is 6.81. The Balaban J connectivity index is 2.08. The van der Waals surface area contributed by atoms with Crippen molar-refractivity contribution in [2.24, 2.45) is 5.92 Å². The van der Waals surface area contributed by atoms with E-state index in [1.54, 1.807) is 5.57 Å². The summed E-state index contributed by atoms with van der Waals surface area (Å²) < 4.78 is 0. The first kappa shape index (κ1) is 12.5. The second-order valence-corrected chi connectivity index (χ2v) is 4.87. The molecule has 1 nitrogen and oxygen atoms in total. The summed E-state index contributed by atoms with van der Waals surface area (Å²) in [6, 6.07) is 0. The van der Waals surface area contributed by atoms with Gasteiger partial charge in [-0.15, -0.1) is 0 Å². The molecule has 0 bridgehead atoms. The number of carbonyl (C=O) groups excluding carboxylic acids is 1. The van der Waals surface area contributed by atoms with Gasteiger partial charge in [-0.1, -0.05) is 18.6 Å². The fourth-order valence-corrected chi connectivity index (χ4v) is 2.27. The van der Waals surface area contributed by atoms with E-state index < -0.39 is 0 Å². The quantitative estimate of drug-likeness (QED) is 0.596. The van der Waals surface area contributed by atoms with Crippen LogP contribution in [0.25, 0.3) is 0 Å². The molecule has 0 saturated carbocycles. The van der Waals surface area contributed by atoms with Crippen LogP contribution >= 0.6 is 0 Å². The van der Waals surface area contributed by atoms with Gasteiger partial charge in [-0.2, -0.15) is 0 Å². The maximum atomic E-state index is 11.3. The van der Waals surface area contributed by atoms with E-state index in [-0.39, 0.29) is 0 Å². The van der Waals surface area contributed by atoms with Gasteiger partial charge in [0.2, 0.25) is 0 Å². The van der Waals surface area contributed by atoms with Crippen LogP contribution in [0.5, 0.6) is 0 Å². The number of hydrogen-bond acceptors (Lipinski definition) is 1. The molecular weight excluding hydrogens is 184 g/mol. The fourth-order valence-electron chi connectivity index (χ4n) is 2.27. The topological polar surface area (TPSA) is 17.1 Å². The van der Waals surface area contributed by atoms with Gasteiger partial charge in [-0.05, 0) is 51.4 Å². The zero-order valence-electron chi connectivity index (χ0n) is 10.2. The number of Topliss-reactive ketones (excluding diaryl/α,β-unsaturated/α-hetero) is 1. The predicted octanol–water partition coefficient (Wildman–Crippen LogP) is 4.27. The largest absolute Gasteiger partial charge is 0.300 e. The molecule has 86 valence electrons. The number of hydrogen-bond donors (Lipinski definition) is 0. The summed E-state index contributed by atoms with van der Waals surface area (Å²) in [5.74, 6) is 1.31. The van der Waals surface area contributed by atoms with Gasteiger partial charge in [0, 0.05) is 12.8 Å². The molecule has 1 rings (SSSR count). The standard InChI is InChI=1S/C14H24O/c1-3-5-14(15)7-4-6-13-10-8-12(2)9-11-13/h8,13H,3-7,9-11H2,1-2H3. The lowest BCUT2D eigenvalue weighted by Crippen LogP contribution is -2.06. The van der Waals surface area contributed by atoms with Gasteiger partial charge in [-0.3, -0.25) is 4.79 Å². The van der Waals surface area contributed by atoms with Gasteiger partial charge < -0.3 is 0 Å². The van der Waals surface area contributed by atoms with Crippen LogP contribution in [-0.4, -0.2) is 5.78 Å². The first-order valence-corrected chi connectivity index (χ1v) is 6.39. The minimum atomic E-state index is 0.458. The monoisotopic (exact) mass is 208 g/mol. The molecule has 0 aromatic rings. The van der Waals surface area contributed by atoms with Crippen molar-refractivity contribution >= 4 is 5.78 Å². The molecule has 0 N–H and O–H groups in total. The molecule has 1 unspecified atom stereocenters. The minimum Gasteiger partial charge on any atom is -0.300 e. The van der Waals surface area contributed by atoms with Gasteiger partial charge in [0.15, 0.2) is 0 Å². The molecule has 1 aliphatic carbocycles. The highest BCUT2D eigenvalue weighted by molar-refractivity contribution is 5.78. The molecule has 0 saturated heterocycles. The first-order valence-electron chi connectivity index (χ1n) is 6.39. The first-order chi connectivity index (χ1) is 7.22. The van der Waals surface area contributed by atoms with Gasteiger partial charge in [-0.25, -0.2) is 0 Å². The van der Waals surface area contributed by atoms with E-state index in [0.29, 0.717) is 5.78 Å². The van der Waals surface area contributed by atoms with Crippen LogP contribution in [0.1, 0.15) is 65.2 Å². The zero-order valence-corrected chi connectivity index (χ0v) is 10.2. The van der Waals surface area contributed by atoms with E-state index in [2.05, 4.69) is 19.9 Å². The molecule has 0 aliphatic heterocycles. The Bertz CT molecular complexity index is 227. The van der Waals surface area contributed by atoms with Gasteiger partial charge in [0.05, 0.1) is 0 Å². The predicted molar refractivity (Wildman–Crippen MR) is 64.9 cm³/mol. The Morgan fingerprint density at radius 3 is 2.87 bits per heavy atom. The maximum absolute atomic E-state index is 11.3. The number of carbonyl (C=O) groups is 1. The van der Waals surface area contributed by atoms with Crippen molar-refractivity contribution < 1.29 is 4.79 Å². The van der Waals surface area contributed by atoms with Crippen molar-refractivity contribution in [3.63, 3.8) is 0 Å². The third kappa shape index (κ3) is 5.15. The van der Waals surface area contributed by atoms with E-state index >= 15 is 0 Å². The summed E-state index contributed by atoms with van der Waals surface area (Å²) in [4.78, 5) is 11.3. The van der Waals surface area contributed by atoms with E-state index in [9.17, 15) is 4.79 Å². The van der Waals surface area contributed by atoms with E-state index in [1.807, 2.05) is 0 Å². The normalized spacial score (nSPS) is 21.2. The number of allylic oxidation sites excluding steroid dienone is 2. The molecule has 0 radical (unpaired) electrons. The highest BCUT2D eigenvalue weighted by Crippen LogP contribution is 2.27. The van der Waals surface area contributed by atoms with E-state index in [4.69, 9.17) is 0 Å².